The quantitative estimate of drug-likeness (QED) is 0.333. The maximum Gasteiger partial charge on any atom is 0.194 e. The van der Waals surface area contributed by atoms with Crippen LogP contribution < -0.4 is 0 Å². The summed E-state index contributed by atoms with van der Waals surface area (Å²) < 4.78 is 0.847. The van der Waals surface area contributed by atoms with Gasteiger partial charge in [-0.3, -0.25) is 4.48 Å². The molecular weight excluding hydrogens is 158 g/mol. The highest BCUT2D eigenvalue weighted by molar-refractivity contribution is 7.64. The fourth-order valence-electron chi connectivity index (χ4n) is 0.607. The minimum atomic E-state index is 0.847. The number of hydrogen-bond acceptors (Lipinski definition) is 3. The van der Waals surface area contributed by atoms with Gasteiger partial charge in [-0.15, -0.1) is 0 Å². The largest absolute Gasteiger partial charge is 0.696 e. The zero-order chi connectivity index (χ0) is 8.74. The molecular formula is C7H11N3S. The van der Waals surface area contributed by atoms with Gasteiger partial charge < -0.3 is 12.6 Å². The van der Waals surface area contributed by atoms with Crippen LogP contribution in [0, 0.1) is 10.7 Å². The number of hydrogen-bond donors (Lipinski definition) is 0. The average molecular weight is 169 g/mol. The summed E-state index contributed by atoms with van der Waals surface area (Å²) in [5.41, 5.74) is 0. The first-order chi connectivity index (χ1) is 5.18. The van der Waals surface area contributed by atoms with Crippen molar-refractivity contribution in [2.75, 3.05) is 13.6 Å². The Morgan fingerprint density at radius 1 is 1.73 bits per heavy atom. The minimum absolute atomic E-state index is 0.847. The first kappa shape index (κ1) is 10.1. The van der Waals surface area contributed by atoms with Gasteiger partial charge in [0.2, 0.25) is 0 Å². The van der Waals surface area contributed by atoms with E-state index in [1.54, 1.807) is 0 Å². The maximum atomic E-state index is 7.13. The zero-order valence-electron chi connectivity index (χ0n) is 6.69. The predicted octanol–water partition coefficient (Wildman–Crippen LogP) is 0.980. The number of quaternary nitrogens is 1. The van der Waals surface area contributed by atoms with E-state index in [0.29, 0.717) is 0 Å². The number of nitrogens with zero attached hydrogens (tertiary/aromatic N) is 3. The van der Waals surface area contributed by atoms with E-state index in [1.807, 2.05) is 12.5 Å². The number of aliphatic imine (C=N–C) groups is 1. The SMILES string of the molecule is CC[N+]1(C)C=CN=C1.N#C[S-]. The Bertz CT molecular complexity index is 190. The third-order valence-electron chi connectivity index (χ3n) is 1.51. The van der Waals surface area contributed by atoms with Crippen LogP contribution in [0.2, 0.25) is 0 Å². The third kappa shape index (κ3) is 3.71. The molecule has 0 aliphatic carbocycles. The topological polar surface area (TPSA) is 36.1 Å². The van der Waals surface area contributed by atoms with E-state index in [0.717, 1.165) is 11.0 Å². The van der Waals surface area contributed by atoms with Gasteiger partial charge in [-0.2, -0.15) is 0 Å². The van der Waals surface area contributed by atoms with Gasteiger partial charge in [-0.25, -0.2) is 10.3 Å². The van der Waals surface area contributed by atoms with E-state index in [4.69, 9.17) is 5.26 Å². The first-order valence-corrected chi connectivity index (χ1v) is 3.67. The van der Waals surface area contributed by atoms with E-state index in [-0.39, 0.29) is 0 Å². The lowest BCUT2D eigenvalue weighted by atomic mass is 10.5. The average Bonchev–Trinajstić information content (AvgIpc) is 2.39. The molecule has 1 heterocycles. The number of thiocyanates is 1. The highest BCUT2D eigenvalue weighted by Gasteiger charge is 2.14. The summed E-state index contributed by atoms with van der Waals surface area (Å²) >= 11 is 3.70. The maximum absolute atomic E-state index is 7.13. The minimum Gasteiger partial charge on any atom is -0.696 e. The normalized spacial score (nSPS) is 25.5. The Morgan fingerprint density at radius 2 is 2.27 bits per heavy atom. The van der Waals surface area contributed by atoms with Crippen LogP contribution >= 0.6 is 0 Å². The van der Waals surface area contributed by atoms with Crippen LogP contribution in [-0.2, 0) is 12.6 Å². The molecule has 0 radical (unpaired) electrons. The van der Waals surface area contributed by atoms with Crippen LogP contribution in [0.1, 0.15) is 6.92 Å². The summed E-state index contributed by atoms with van der Waals surface area (Å²) in [5.74, 6) is 0. The third-order valence-corrected chi connectivity index (χ3v) is 1.51. The summed E-state index contributed by atoms with van der Waals surface area (Å²) in [7, 11) is 2.12. The molecule has 0 saturated carbocycles. The van der Waals surface area contributed by atoms with Crippen molar-refractivity contribution in [3.8, 4) is 5.40 Å². The summed E-state index contributed by atoms with van der Waals surface area (Å²) in [6, 6.07) is 0. The van der Waals surface area contributed by atoms with Crippen molar-refractivity contribution in [1.29, 1.82) is 5.26 Å². The second kappa shape index (κ2) is 4.83. The lowest BCUT2D eigenvalue weighted by Gasteiger charge is -2.18. The van der Waals surface area contributed by atoms with Crippen LogP contribution in [0.15, 0.2) is 17.4 Å². The molecule has 0 aromatic rings. The summed E-state index contributed by atoms with van der Waals surface area (Å²) in [6.07, 6.45) is 5.84. The fourth-order valence-corrected chi connectivity index (χ4v) is 0.607. The van der Waals surface area contributed by atoms with Crippen molar-refractivity contribution >= 4 is 19.0 Å². The molecule has 0 N–H and O–H groups in total. The van der Waals surface area contributed by atoms with Crippen LogP contribution in [-0.4, -0.2) is 24.4 Å². The molecule has 1 atom stereocenters. The Labute approximate surface area is 72.7 Å². The molecule has 1 rings (SSSR count). The molecule has 1 aliphatic rings. The molecule has 0 aromatic carbocycles. The summed E-state index contributed by atoms with van der Waals surface area (Å²) in [6.45, 7) is 3.22. The van der Waals surface area contributed by atoms with E-state index in [9.17, 15) is 0 Å². The molecule has 0 aromatic heterocycles. The molecule has 1 aliphatic heterocycles. The molecule has 0 saturated heterocycles. The van der Waals surface area contributed by atoms with Crippen LogP contribution in [0.3, 0.4) is 0 Å². The van der Waals surface area contributed by atoms with Crippen molar-refractivity contribution < 1.29 is 4.48 Å². The molecule has 3 nitrogen and oxygen atoms in total. The van der Waals surface area contributed by atoms with Gasteiger partial charge in [-0.1, -0.05) is 5.40 Å². The van der Waals surface area contributed by atoms with Gasteiger partial charge in [0.1, 0.15) is 6.20 Å². The van der Waals surface area contributed by atoms with Crippen molar-refractivity contribution in [2.45, 2.75) is 6.92 Å². The highest BCUT2D eigenvalue weighted by atomic mass is 32.1. The Hall–Kier alpha value is -0.920. The standard InChI is InChI=1S/C6H11N2.CHNS/c1-3-8(2)5-4-7-6-8;2-1-3/h4-6H,3H2,1-2H3;3H/q+1;/p-1. The zero-order valence-corrected chi connectivity index (χ0v) is 7.51. The van der Waals surface area contributed by atoms with Crippen molar-refractivity contribution in [3.05, 3.63) is 12.4 Å². The van der Waals surface area contributed by atoms with E-state index < -0.39 is 0 Å². The molecule has 1 unspecified atom stereocenters. The Kier molecular flexibility index (Phi) is 4.42. The van der Waals surface area contributed by atoms with Crippen LogP contribution in [0.25, 0.3) is 0 Å². The highest BCUT2D eigenvalue weighted by Crippen LogP contribution is 2.04. The lowest BCUT2D eigenvalue weighted by Crippen LogP contribution is -2.33. The molecule has 60 valence electrons. The smallest absolute Gasteiger partial charge is 0.194 e. The molecule has 0 spiro atoms. The van der Waals surface area contributed by atoms with Gasteiger partial charge in [0.15, 0.2) is 6.34 Å². The van der Waals surface area contributed by atoms with E-state index in [1.165, 1.54) is 5.40 Å². The Morgan fingerprint density at radius 3 is 2.45 bits per heavy atom. The summed E-state index contributed by atoms with van der Waals surface area (Å²) in [5, 5.41) is 8.47. The van der Waals surface area contributed by atoms with Gasteiger partial charge >= 0.3 is 0 Å². The second-order valence-electron chi connectivity index (χ2n) is 2.32. The van der Waals surface area contributed by atoms with Crippen molar-refractivity contribution in [1.82, 2.24) is 0 Å². The predicted molar refractivity (Wildman–Crippen MR) is 47.3 cm³/mol. The molecule has 0 amide bonds. The summed E-state index contributed by atoms with van der Waals surface area (Å²) in [4.78, 5) is 3.97. The molecule has 11 heavy (non-hydrogen) atoms. The van der Waals surface area contributed by atoms with Gasteiger partial charge in [0.05, 0.1) is 19.8 Å². The number of rotatable bonds is 1. The number of nitriles is 1. The Balaban J connectivity index is 0.000000292. The first-order valence-electron chi connectivity index (χ1n) is 3.26. The molecule has 4 heteroatoms. The van der Waals surface area contributed by atoms with Gasteiger partial charge in [0.25, 0.3) is 0 Å². The van der Waals surface area contributed by atoms with Crippen LogP contribution in [0.5, 0.6) is 0 Å². The molecule has 0 bridgehead atoms. The van der Waals surface area contributed by atoms with Gasteiger partial charge in [0, 0.05) is 0 Å². The van der Waals surface area contributed by atoms with E-state index >= 15 is 0 Å². The van der Waals surface area contributed by atoms with Crippen molar-refractivity contribution in [3.63, 3.8) is 0 Å². The second-order valence-corrected chi connectivity index (χ2v) is 2.50. The fraction of sp³-hybridized carbons (Fsp3) is 0.429. The van der Waals surface area contributed by atoms with Gasteiger partial charge in [-0.05, 0) is 6.92 Å². The van der Waals surface area contributed by atoms with E-state index in [2.05, 4.69) is 37.8 Å². The van der Waals surface area contributed by atoms with Crippen molar-refractivity contribution in [2.24, 2.45) is 4.99 Å². The molecule has 0 fully saturated rings. The van der Waals surface area contributed by atoms with Crippen LogP contribution in [0.4, 0.5) is 0 Å². The lowest BCUT2D eigenvalue weighted by molar-refractivity contribution is -0.753. The monoisotopic (exact) mass is 169 g/mol.